The highest BCUT2D eigenvalue weighted by molar-refractivity contribution is 5.94. The summed E-state index contributed by atoms with van der Waals surface area (Å²) in [6.07, 6.45) is 0.198. The highest BCUT2D eigenvalue weighted by Gasteiger charge is 2.30. The van der Waals surface area contributed by atoms with E-state index in [1.54, 1.807) is 36.3 Å². The lowest BCUT2D eigenvalue weighted by molar-refractivity contribution is -0.137. The number of hydrogen-bond donors (Lipinski definition) is 1. The first kappa shape index (κ1) is 30.1. The Kier molecular flexibility index (Phi) is 9.50. The minimum atomic E-state index is -4.34. The fourth-order valence-corrected chi connectivity index (χ4v) is 5.85. The maximum atomic E-state index is 13.1. The number of carbonyl (C=O) groups is 1. The smallest absolute Gasteiger partial charge is 0.416 e. The second-order valence-corrected chi connectivity index (χ2v) is 11.1. The van der Waals surface area contributed by atoms with Crippen LogP contribution in [-0.2, 0) is 24.1 Å². The minimum absolute atomic E-state index is 0.0701. The molecule has 2 fully saturated rings. The van der Waals surface area contributed by atoms with Gasteiger partial charge >= 0.3 is 6.18 Å². The van der Waals surface area contributed by atoms with Crippen molar-refractivity contribution in [2.24, 2.45) is 0 Å². The van der Waals surface area contributed by atoms with Gasteiger partial charge in [-0.05, 0) is 91.3 Å². The summed E-state index contributed by atoms with van der Waals surface area (Å²) < 4.78 is 50.0. The fourth-order valence-electron chi connectivity index (χ4n) is 5.85. The molecule has 3 aromatic rings. The molecule has 3 aromatic carbocycles. The van der Waals surface area contributed by atoms with Gasteiger partial charge in [-0.25, -0.2) is 0 Å². The third kappa shape index (κ3) is 7.32. The van der Waals surface area contributed by atoms with Crippen LogP contribution >= 0.6 is 0 Å². The van der Waals surface area contributed by atoms with Crippen molar-refractivity contribution >= 4 is 5.91 Å². The molecule has 6 nitrogen and oxygen atoms in total. The number of rotatable bonds is 8. The molecule has 1 aliphatic heterocycles. The van der Waals surface area contributed by atoms with Gasteiger partial charge in [0.25, 0.3) is 5.91 Å². The second-order valence-electron chi connectivity index (χ2n) is 11.1. The van der Waals surface area contributed by atoms with Crippen LogP contribution in [0.25, 0.3) is 0 Å². The van der Waals surface area contributed by atoms with E-state index in [0.29, 0.717) is 61.8 Å². The molecule has 9 heteroatoms. The summed E-state index contributed by atoms with van der Waals surface area (Å²) in [5.74, 6) is 1.55. The molecule has 224 valence electrons. The fraction of sp³-hybridized carbons (Fsp3) is 0.424. The first-order valence-corrected chi connectivity index (χ1v) is 14.5. The van der Waals surface area contributed by atoms with Crippen molar-refractivity contribution in [1.29, 1.82) is 0 Å². The molecule has 2 aliphatic rings. The zero-order chi connectivity index (χ0) is 29.7. The van der Waals surface area contributed by atoms with Crippen molar-refractivity contribution in [1.82, 2.24) is 9.80 Å². The molecule has 1 N–H and O–H groups in total. The van der Waals surface area contributed by atoms with E-state index < -0.39 is 11.7 Å². The lowest BCUT2D eigenvalue weighted by Crippen LogP contribution is -2.48. The van der Waals surface area contributed by atoms with Crippen LogP contribution in [0.5, 0.6) is 11.5 Å². The Labute approximate surface area is 244 Å². The van der Waals surface area contributed by atoms with Gasteiger partial charge in [-0.3, -0.25) is 9.69 Å². The zero-order valence-electron chi connectivity index (χ0n) is 23.8. The van der Waals surface area contributed by atoms with Gasteiger partial charge in [-0.2, -0.15) is 13.2 Å². The number of aliphatic hydroxyl groups is 1. The van der Waals surface area contributed by atoms with Crippen LogP contribution in [0.4, 0.5) is 13.2 Å². The van der Waals surface area contributed by atoms with Crippen molar-refractivity contribution in [3.63, 3.8) is 0 Å². The number of piperazine rings is 1. The number of methoxy groups -OCH3 is 1. The van der Waals surface area contributed by atoms with Crippen LogP contribution in [0, 0.1) is 0 Å². The standard InChI is InChI=1S/C33H37F3N2O4/c1-41-29-11-4-24(5-12-29)26-8-15-31(27(20-26)22-39)42-30-13-6-25(7-14-30)32(40)38-18-16-37(17-19-38)21-23-2-9-28(10-3-23)33(34,35)36/h2-3,6-10,13-15,20,24,29,39H,4-5,11-12,16-19,21-22H2,1H3. The van der Waals surface area contributed by atoms with E-state index in [0.717, 1.165) is 48.9 Å². The van der Waals surface area contributed by atoms with Crippen molar-refractivity contribution in [2.45, 2.75) is 57.0 Å². The summed E-state index contributed by atoms with van der Waals surface area (Å²) in [5, 5.41) is 10.0. The number of ether oxygens (including phenoxy) is 2. The molecule has 0 aromatic heterocycles. The quantitative estimate of drug-likeness (QED) is 0.324. The Hall–Kier alpha value is -3.40. The predicted octanol–water partition coefficient (Wildman–Crippen LogP) is 6.62. The van der Waals surface area contributed by atoms with Gasteiger partial charge in [-0.1, -0.05) is 18.2 Å². The number of benzene rings is 3. The van der Waals surface area contributed by atoms with Gasteiger partial charge in [0.1, 0.15) is 11.5 Å². The predicted molar refractivity (Wildman–Crippen MR) is 154 cm³/mol. The maximum absolute atomic E-state index is 13.1. The van der Waals surface area contributed by atoms with Crippen LogP contribution in [0.2, 0.25) is 0 Å². The summed E-state index contributed by atoms with van der Waals surface area (Å²) in [6, 6.07) is 18.3. The zero-order valence-corrected chi connectivity index (χ0v) is 23.8. The first-order valence-electron chi connectivity index (χ1n) is 14.5. The molecule has 1 heterocycles. The molecule has 0 spiro atoms. The van der Waals surface area contributed by atoms with Crippen molar-refractivity contribution < 1.29 is 32.5 Å². The van der Waals surface area contributed by atoms with Gasteiger partial charge in [0.15, 0.2) is 0 Å². The Morgan fingerprint density at radius 1 is 0.905 bits per heavy atom. The molecule has 42 heavy (non-hydrogen) atoms. The Balaban J connectivity index is 1.13. The highest BCUT2D eigenvalue weighted by Crippen LogP contribution is 2.36. The number of amides is 1. The normalized spacial score (nSPS) is 20.0. The summed E-state index contributed by atoms with van der Waals surface area (Å²) in [4.78, 5) is 17.0. The van der Waals surface area contributed by atoms with E-state index in [1.807, 2.05) is 12.1 Å². The Bertz CT molecular complexity index is 1330. The van der Waals surface area contributed by atoms with Crippen molar-refractivity contribution in [2.75, 3.05) is 33.3 Å². The SMILES string of the molecule is COC1CCC(c2ccc(Oc3ccc(C(=O)N4CCN(Cc5ccc(C(F)(F)F)cc5)CC4)cc3)c(CO)c2)CC1. The molecule has 5 rings (SSSR count). The lowest BCUT2D eigenvalue weighted by Gasteiger charge is -2.34. The molecule has 1 saturated carbocycles. The third-order valence-electron chi connectivity index (χ3n) is 8.41. The van der Waals surface area contributed by atoms with E-state index in [2.05, 4.69) is 11.0 Å². The number of aliphatic hydroxyl groups excluding tert-OH is 1. The number of alkyl halides is 3. The summed E-state index contributed by atoms with van der Waals surface area (Å²) in [5.41, 5.74) is 2.66. The largest absolute Gasteiger partial charge is 0.457 e. The summed E-state index contributed by atoms with van der Waals surface area (Å²) in [6.45, 7) is 2.77. The molecule has 0 atom stereocenters. The molecular weight excluding hydrogens is 545 g/mol. The van der Waals surface area contributed by atoms with E-state index >= 15 is 0 Å². The average Bonchev–Trinajstić information content (AvgIpc) is 3.01. The van der Waals surface area contributed by atoms with Crippen LogP contribution in [0.3, 0.4) is 0 Å². The Morgan fingerprint density at radius 2 is 1.57 bits per heavy atom. The van der Waals surface area contributed by atoms with E-state index in [4.69, 9.17) is 9.47 Å². The third-order valence-corrected chi connectivity index (χ3v) is 8.41. The van der Waals surface area contributed by atoms with Gasteiger partial charge < -0.3 is 19.5 Å². The number of halogens is 3. The number of nitrogens with zero attached hydrogens (tertiary/aromatic N) is 2. The van der Waals surface area contributed by atoms with E-state index in [-0.39, 0.29) is 12.5 Å². The van der Waals surface area contributed by atoms with Crippen LogP contribution in [0.15, 0.2) is 66.7 Å². The first-order chi connectivity index (χ1) is 20.2. The summed E-state index contributed by atoms with van der Waals surface area (Å²) in [7, 11) is 1.77. The molecule has 0 radical (unpaired) electrons. The minimum Gasteiger partial charge on any atom is -0.457 e. The van der Waals surface area contributed by atoms with Gasteiger partial charge in [0, 0.05) is 51.0 Å². The van der Waals surface area contributed by atoms with Crippen molar-refractivity contribution in [3.8, 4) is 11.5 Å². The maximum Gasteiger partial charge on any atom is 0.416 e. The summed E-state index contributed by atoms with van der Waals surface area (Å²) >= 11 is 0. The van der Waals surface area contributed by atoms with Crippen molar-refractivity contribution in [3.05, 3.63) is 94.5 Å². The molecule has 0 unspecified atom stereocenters. The van der Waals surface area contributed by atoms with Crippen LogP contribution < -0.4 is 4.74 Å². The van der Waals surface area contributed by atoms with Gasteiger partial charge in [0.2, 0.25) is 0 Å². The topological polar surface area (TPSA) is 62.2 Å². The molecule has 0 bridgehead atoms. The van der Waals surface area contributed by atoms with Crippen LogP contribution in [-0.4, -0.2) is 60.2 Å². The molecule has 1 saturated heterocycles. The second kappa shape index (κ2) is 13.3. The highest BCUT2D eigenvalue weighted by atomic mass is 19.4. The monoisotopic (exact) mass is 582 g/mol. The number of carbonyl (C=O) groups excluding carboxylic acids is 1. The van der Waals surface area contributed by atoms with E-state index in [1.165, 1.54) is 17.7 Å². The molecular formula is C33H37F3N2O4. The van der Waals surface area contributed by atoms with E-state index in [9.17, 15) is 23.1 Å². The van der Waals surface area contributed by atoms with Gasteiger partial charge in [0.05, 0.1) is 18.3 Å². The number of hydrogen-bond acceptors (Lipinski definition) is 5. The Morgan fingerprint density at radius 3 is 2.17 bits per heavy atom. The average molecular weight is 583 g/mol. The lowest BCUT2D eigenvalue weighted by atomic mass is 9.82. The molecule has 1 amide bonds. The van der Waals surface area contributed by atoms with Crippen LogP contribution in [0.1, 0.15) is 64.2 Å². The molecule has 1 aliphatic carbocycles. The van der Waals surface area contributed by atoms with Gasteiger partial charge in [-0.15, -0.1) is 0 Å².